The summed E-state index contributed by atoms with van der Waals surface area (Å²) < 4.78 is 0. The largest absolute Gasteiger partial charge is 0.325 e. The smallest absolute Gasteiger partial charge is 0.234 e. The van der Waals surface area contributed by atoms with Crippen LogP contribution < -0.4 is 5.32 Å². The van der Waals surface area contributed by atoms with Gasteiger partial charge < -0.3 is 5.32 Å². The highest BCUT2D eigenvalue weighted by molar-refractivity contribution is 8.03. The van der Waals surface area contributed by atoms with Gasteiger partial charge in [0.1, 0.15) is 5.40 Å². The van der Waals surface area contributed by atoms with Gasteiger partial charge in [-0.05, 0) is 54.6 Å². The van der Waals surface area contributed by atoms with Gasteiger partial charge in [0.2, 0.25) is 5.91 Å². The molecule has 1 N–H and O–H groups in total. The first-order chi connectivity index (χ1) is 10.2. The molecule has 0 aromatic heterocycles. The maximum atomic E-state index is 12.0. The maximum absolute atomic E-state index is 12.0. The number of carbonyl (C=O) groups excluding carboxylic acids is 1. The fraction of sp³-hybridized carbons (Fsp3) is 0.125. The number of thioether (sulfide) groups is 2. The molecule has 0 unspecified atom stereocenters. The van der Waals surface area contributed by atoms with Gasteiger partial charge in [0.25, 0.3) is 0 Å². The second-order valence-electron chi connectivity index (χ2n) is 4.32. The number of anilines is 1. The van der Waals surface area contributed by atoms with Gasteiger partial charge in [0, 0.05) is 15.5 Å². The van der Waals surface area contributed by atoms with Gasteiger partial charge in [0.05, 0.1) is 5.75 Å². The highest BCUT2D eigenvalue weighted by Gasteiger charge is 2.06. The van der Waals surface area contributed by atoms with Crippen LogP contribution >= 0.6 is 23.5 Å². The van der Waals surface area contributed by atoms with E-state index in [4.69, 9.17) is 5.26 Å². The topological polar surface area (TPSA) is 52.9 Å². The van der Waals surface area contributed by atoms with Crippen molar-refractivity contribution >= 4 is 35.1 Å². The minimum Gasteiger partial charge on any atom is -0.325 e. The van der Waals surface area contributed by atoms with E-state index < -0.39 is 0 Å². The molecule has 1 amide bonds. The zero-order chi connectivity index (χ0) is 15.1. The van der Waals surface area contributed by atoms with Crippen molar-refractivity contribution in [2.75, 3.05) is 11.1 Å². The van der Waals surface area contributed by atoms with Gasteiger partial charge in [-0.1, -0.05) is 18.2 Å². The molecule has 0 saturated carbocycles. The quantitative estimate of drug-likeness (QED) is 0.660. The predicted molar refractivity (Wildman–Crippen MR) is 88.4 cm³/mol. The Morgan fingerprint density at radius 1 is 1.19 bits per heavy atom. The average Bonchev–Trinajstić information content (AvgIpc) is 2.49. The standard InChI is InChI=1S/C16H14N2OS2/c1-12-9-14(21-11-17)7-8-15(12)18-16(19)10-20-13-5-3-2-4-6-13/h2-9H,10H2,1H3,(H,18,19). The number of nitrogens with one attached hydrogen (secondary N) is 1. The van der Waals surface area contributed by atoms with Crippen LogP contribution in [-0.2, 0) is 4.79 Å². The molecule has 0 aliphatic rings. The van der Waals surface area contributed by atoms with Crippen LogP contribution in [0.4, 0.5) is 5.69 Å². The summed E-state index contributed by atoms with van der Waals surface area (Å²) in [6, 6.07) is 15.4. The molecule has 0 aliphatic carbocycles. The van der Waals surface area contributed by atoms with Crippen LogP contribution in [0, 0.1) is 17.6 Å². The molecule has 2 aromatic rings. The van der Waals surface area contributed by atoms with Crippen molar-refractivity contribution in [2.24, 2.45) is 0 Å². The number of rotatable bonds is 5. The first-order valence-corrected chi connectivity index (χ1v) is 8.13. The Bertz CT molecular complexity index is 666. The minimum atomic E-state index is -0.0346. The number of amides is 1. The Labute approximate surface area is 132 Å². The lowest BCUT2D eigenvalue weighted by Crippen LogP contribution is -2.14. The lowest BCUT2D eigenvalue weighted by atomic mass is 10.2. The Morgan fingerprint density at radius 3 is 2.62 bits per heavy atom. The van der Waals surface area contributed by atoms with Gasteiger partial charge in [-0.3, -0.25) is 4.79 Å². The molecule has 0 aliphatic heterocycles. The van der Waals surface area contributed by atoms with E-state index in [2.05, 4.69) is 5.32 Å². The average molecular weight is 314 g/mol. The third kappa shape index (κ3) is 4.85. The van der Waals surface area contributed by atoms with E-state index in [1.807, 2.05) is 60.9 Å². The summed E-state index contributed by atoms with van der Waals surface area (Å²) in [7, 11) is 0. The summed E-state index contributed by atoms with van der Waals surface area (Å²) in [6.07, 6.45) is 0. The van der Waals surface area contributed by atoms with Crippen molar-refractivity contribution in [3.8, 4) is 5.40 Å². The SMILES string of the molecule is Cc1cc(SC#N)ccc1NC(=O)CSc1ccccc1. The zero-order valence-electron chi connectivity index (χ0n) is 11.5. The number of benzene rings is 2. The molecule has 106 valence electrons. The number of nitriles is 1. The Balaban J connectivity index is 1.92. The second kappa shape index (κ2) is 7.77. The van der Waals surface area contributed by atoms with Crippen molar-refractivity contribution in [1.82, 2.24) is 0 Å². The fourth-order valence-electron chi connectivity index (χ4n) is 1.74. The third-order valence-electron chi connectivity index (χ3n) is 2.75. The summed E-state index contributed by atoms with van der Waals surface area (Å²) in [5, 5.41) is 13.6. The number of aryl methyl sites for hydroxylation is 1. The minimum absolute atomic E-state index is 0.0346. The van der Waals surface area contributed by atoms with E-state index >= 15 is 0 Å². The van der Waals surface area contributed by atoms with Crippen LogP contribution in [0.1, 0.15) is 5.56 Å². The molecule has 0 bridgehead atoms. The molecule has 21 heavy (non-hydrogen) atoms. The number of hydrogen-bond donors (Lipinski definition) is 1. The van der Waals surface area contributed by atoms with E-state index in [1.54, 1.807) is 0 Å². The van der Waals surface area contributed by atoms with Crippen LogP contribution in [0.15, 0.2) is 58.3 Å². The third-order valence-corrected chi connectivity index (χ3v) is 4.34. The van der Waals surface area contributed by atoms with Crippen molar-refractivity contribution in [1.29, 1.82) is 5.26 Å². The summed E-state index contributed by atoms with van der Waals surface area (Å²) in [5.41, 5.74) is 1.74. The van der Waals surface area contributed by atoms with E-state index in [-0.39, 0.29) is 5.91 Å². The van der Waals surface area contributed by atoms with Crippen LogP contribution in [0.5, 0.6) is 0 Å². The lowest BCUT2D eigenvalue weighted by Gasteiger charge is -2.09. The molecule has 0 heterocycles. The molecule has 0 radical (unpaired) electrons. The van der Waals surface area contributed by atoms with Gasteiger partial charge in [-0.2, -0.15) is 5.26 Å². The normalized spacial score (nSPS) is 9.90. The van der Waals surface area contributed by atoms with Gasteiger partial charge >= 0.3 is 0 Å². The first kappa shape index (κ1) is 15.5. The molecule has 5 heteroatoms. The summed E-state index contributed by atoms with van der Waals surface area (Å²) in [5.74, 6) is 0.339. The Kier molecular flexibility index (Phi) is 5.73. The van der Waals surface area contributed by atoms with E-state index in [1.165, 1.54) is 11.8 Å². The maximum Gasteiger partial charge on any atom is 0.234 e. The number of thiocyanates is 1. The van der Waals surface area contributed by atoms with E-state index in [0.29, 0.717) is 5.75 Å². The summed E-state index contributed by atoms with van der Waals surface area (Å²) in [4.78, 5) is 13.9. The summed E-state index contributed by atoms with van der Waals surface area (Å²) in [6.45, 7) is 1.92. The second-order valence-corrected chi connectivity index (χ2v) is 6.23. The molecule has 0 spiro atoms. The van der Waals surface area contributed by atoms with Crippen molar-refractivity contribution < 1.29 is 4.79 Å². The zero-order valence-corrected chi connectivity index (χ0v) is 13.1. The highest BCUT2D eigenvalue weighted by Crippen LogP contribution is 2.24. The van der Waals surface area contributed by atoms with Gasteiger partial charge in [-0.15, -0.1) is 11.8 Å². The summed E-state index contributed by atoms with van der Waals surface area (Å²) >= 11 is 2.62. The molecule has 2 rings (SSSR count). The van der Waals surface area contributed by atoms with Crippen LogP contribution in [-0.4, -0.2) is 11.7 Å². The van der Waals surface area contributed by atoms with Crippen molar-refractivity contribution in [2.45, 2.75) is 16.7 Å². The van der Waals surface area contributed by atoms with Gasteiger partial charge in [0.15, 0.2) is 0 Å². The molecule has 0 fully saturated rings. The van der Waals surface area contributed by atoms with Crippen molar-refractivity contribution in [3.63, 3.8) is 0 Å². The molecular weight excluding hydrogens is 300 g/mol. The number of nitrogens with zero attached hydrogens (tertiary/aromatic N) is 1. The Morgan fingerprint density at radius 2 is 1.95 bits per heavy atom. The monoisotopic (exact) mass is 314 g/mol. The van der Waals surface area contributed by atoms with Crippen LogP contribution in [0.25, 0.3) is 0 Å². The molecule has 2 aromatic carbocycles. The molecular formula is C16H14N2OS2. The fourth-order valence-corrected chi connectivity index (χ4v) is 2.94. The van der Waals surface area contributed by atoms with Gasteiger partial charge in [-0.25, -0.2) is 0 Å². The number of carbonyl (C=O) groups is 1. The first-order valence-electron chi connectivity index (χ1n) is 6.33. The molecule has 0 atom stereocenters. The van der Waals surface area contributed by atoms with Crippen LogP contribution in [0.2, 0.25) is 0 Å². The van der Waals surface area contributed by atoms with Crippen molar-refractivity contribution in [3.05, 3.63) is 54.1 Å². The van der Waals surface area contributed by atoms with E-state index in [0.717, 1.165) is 32.8 Å². The molecule has 0 saturated heterocycles. The lowest BCUT2D eigenvalue weighted by molar-refractivity contribution is -0.113. The number of hydrogen-bond acceptors (Lipinski definition) is 4. The predicted octanol–water partition coefficient (Wildman–Crippen LogP) is 4.30. The van der Waals surface area contributed by atoms with Crippen LogP contribution in [0.3, 0.4) is 0 Å². The molecule has 3 nitrogen and oxygen atoms in total. The Hall–Kier alpha value is -1.90. The van der Waals surface area contributed by atoms with E-state index in [9.17, 15) is 4.79 Å². The highest BCUT2D eigenvalue weighted by atomic mass is 32.2.